The van der Waals surface area contributed by atoms with Crippen LogP contribution in [-0.2, 0) is 19.6 Å². The minimum Gasteiger partial charge on any atom is -0.469 e. The molecule has 1 aliphatic rings. The van der Waals surface area contributed by atoms with Crippen LogP contribution >= 0.6 is 12.2 Å². The molecule has 0 aromatic heterocycles. The number of carbonyl (C=O) groups excluding carboxylic acids is 1. The summed E-state index contributed by atoms with van der Waals surface area (Å²) in [6, 6.07) is 0. The fraction of sp³-hybridized carbons (Fsp3) is 0.778. The highest BCUT2D eigenvalue weighted by Gasteiger charge is 2.32. The lowest BCUT2D eigenvalue weighted by Crippen LogP contribution is -2.45. The molecule has 0 aromatic rings. The molecule has 0 aromatic carbocycles. The number of sulfonamides is 1. The van der Waals surface area contributed by atoms with Gasteiger partial charge in [0.25, 0.3) is 0 Å². The smallest absolute Gasteiger partial charge is 0.309 e. The summed E-state index contributed by atoms with van der Waals surface area (Å²) in [4.78, 5) is 11.3. The number of hydrogen-bond acceptors (Lipinski definition) is 5. The summed E-state index contributed by atoms with van der Waals surface area (Å²) in [5.74, 6) is -1.12. The highest BCUT2D eigenvalue weighted by Crippen LogP contribution is 2.20. The fourth-order valence-electron chi connectivity index (χ4n) is 1.83. The van der Waals surface area contributed by atoms with E-state index < -0.39 is 15.9 Å². The molecular formula is C9H16N2O4S2. The number of hydrogen-bond donors (Lipinski definition) is 1. The third-order valence-corrected chi connectivity index (χ3v) is 4.76. The molecule has 1 heterocycles. The SMILES string of the molecule is COC(=O)C1CCCN(S(=O)(=O)CC(N)=S)C1. The van der Waals surface area contributed by atoms with Crippen LogP contribution in [0.5, 0.6) is 0 Å². The van der Waals surface area contributed by atoms with Gasteiger partial charge >= 0.3 is 5.97 Å². The van der Waals surface area contributed by atoms with Crippen molar-refractivity contribution >= 4 is 33.2 Å². The van der Waals surface area contributed by atoms with Crippen molar-refractivity contribution in [1.82, 2.24) is 4.31 Å². The normalized spacial score (nSPS) is 22.1. The highest BCUT2D eigenvalue weighted by atomic mass is 32.2. The van der Waals surface area contributed by atoms with E-state index in [0.717, 1.165) is 0 Å². The Bertz CT molecular complexity index is 407. The lowest BCUT2D eigenvalue weighted by atomic mass is 10.0. The van der Waals surface area contributed by atoms with Crippen molar-refractivity contribution in [2.45, 2.75) is 12.8 Å². The molecule has 8 heteroatoms. The van der Waals surface area contributed by atoms with E-state index in [1.54, 1.807) is 0 Å². The van der Waals surface area contributed by atoms with Gasteiger partial charge in [-0.05, 0) is 12.8 Å². The van der Waals surface area contributed by atoms with Gasteiger partial charge in [-0.1, -0.05) is 12.2 Å². The van der Waals surface area contributed by atoms with Gasteiger partial charge in [-0.3, -0.25) is 4.79 Å². The number of carbonyl (C=O) groups is 1. The highest BCUT2D eigenvalue weighted by molar-refractivity contribution is 7.92. The molecule has 1 rings (SSSR count). The second-order valence-electron chi connectivity index (χ2n) is 3.94. The number of thiocarbonyl (C=S) groups is 1. The van der Waals surface area contributed by atoms with Crippen LogP contribution in [0.2, 0.25) is 0 Å². The number of nitrogens with zero attached hydrogens (tertiary/aromatic N) is 1. The standard InChI is InChI=1S/C9H16N2O4S2/c1-15-9(12)7-3-2-4-11(5-7)17(13,14)6-8(10)16/h7H,2-6H2,1H3,(H2,10,16). The first-order valence-corrected chi connectivity index (χ1v) is 7.22. The monoisotopic (exact) mass is 280 g/mol. The second-order valence-corrected chi connectivity index (χ2v) is 6.44. The van der Waals surface area contributed by atoms with Gasteiger partial charge in [0.2, 0.25) is 10.0 Å². The lowest BCUT2D eigenvalue weighted by molar-refractivity contribution is -0.146. The molecule has 98 valence electrons. The van der Waals surface area contributed by atoms with Crippen LogP contribution in [0.4, 0.5) is 0 Å². The summed E-state index contributed by atoms with van der Waals surface area (Å²) in [5, 5.41) is 0. The zero-order valence-corrected chi connectivity index (χ0v) is 11.2. The molecular weight excluding hydrogens is 264 g/mol. The Balaban J connectivity index is 2.72. The summed E-state index contributed by atoms with van der Waals surface area (Å²) in [6.45, 7) is 0.552. The van der Waals surface area contributed by atoms with Crippen LogP contribution in [0, 0.1) is 5.92 Å². The number of methoxy groups -OCH3 is 1. The van der Waals surface area contributed by atoms with Gasteiger partial charge in [0.05, 0.1) is 18.0 Å². The van der Waals surface area contributed by atoms with Crippen LogP contribution in [-0.4, -0.2) is 49.6 Å². The maximum atomic E-state index is 11.9. The third-order valence-electron chi connectivity index (χ3n) is 2.64. The Labute approximate surface area is 106 Å². The average Bonchev–Trinajstić information content (AvgIpc) is 2.26. The number of ether oxygens (including phenoxy) is 1. The topological polar surface area (TPSA) is 89.7 Å². The first kappa shape index (κ1) is 14.3. The van der Waals surface area contributed by atoms with Crippen molar-refractivity contribution in [2.75, 3.05) is 26.0 Å². The Morgan fingerprint density at radius 1 is 1.59 bits per heavy atom. The van der Waals surface area contributed by atoms with Crippen LogP contribution in [0.1, 0.15) is 12.8 Å². The van der Waals surface area contributed by atoms with E-state index in [-0.39, 0.29) is 23.3 Å². The van der Waals surface area contributed by atoms with Crippen molar-refractivity contribution in [3.05, 3.63) is 0 Å². The number of nitrogens with two attached hydrogens (primary N) is 1. The van der Waals surface area contributed by atoms with Gasteiger partial charge in [-0.2, -0.15) is 0 Å². The molecule has 1 unspecified atom stereocenters. The first-order chi connectivity index (χ1) is 7.86. The van der Waals surface area contributed by atoms with E-state index in [9.17, 15) is 13.2 Å². The van der Waals surface area contributed by atoms with Crippen molar-refractivity contribution in [1.29, 1.82) is 0 Å². The quantitative estimate of drug-likeness (QED) is 0.551. The Hall–Kier alpha value is -0.730. The molecule has 0 aliphatic carbocycles. The van der Waals surface area contributed by atoms with Crippen LogP contribution < -0.4 is 5.73 Å². The van der Waals surface area contributed by atoms with Crippen molar-refractivity contribution < 1.29 is 17.9 Å². The second kappa shape index (κ2) is 5.74. The van der Waals surface area contributed by atoms with Gasteiger partial charge in [0.1, 0.15) is 5.75 Å². The number of esters is 1. The average molecular weight is 280 g/mol. The summed E-state index contributed by atoms with van der Waals surface area (Å²) in [6.07, 6.45) is 1.28. The largest absolute Gasteiger partial charge is 0.469 e. The molecule has 0 radical (unpaired) electrons. The molecule has 0 spiro atoms. The zero-order chi connectivity index (χ0) is 13.1. The minimum atomic E-state index is -3.50. The maximum absolute atomic E-state index is 11.9. The minimum absolute atomic E-state index is 0.0646. The van der Waals surface area contributed by atoms with E-state index >= 15 is 0 Å². The molecule has 0 saturated carbocycles. The van der Waals surface area contributed by atoms with Gasteiger partial charge in [0.15, 0.2) is 0 Å². The summed E-state index contributed by atoms with van der Waals surface area (Å²) in [7, 11) is -2.20. The molecule has 0 bridgehead atoms. The Morgan fingerprint density at radius 2 is 2.24 bits per heavy atom. The molecule has 1 atom stereocenters. The predicted octanol–water partition coefficient (Wildman–Crippen LogP) is -0.513. The summed E-state index contributed by atoms with van der Waals surface area (Å²) in [5.41, 5.74) is 5.24. The number of rotatable bonds is 4. The zero-order valence-electron chi connectivity index (χ0n) is 9.59. The van der Waals surface area contributed by atoms with Crippen molar-refractivity contribution in [2.24, 2.45) is 11.7 Å². The Kier molecular flexibility index (Phi) is 4.84. The first-order valence-electron chi connectivity index (χ1n) is 5.21. The van der Waals surface area contributed by atoms with Gasteiger partial charge in [-0.25, -0.2) is 12.7 Å². The fourth-order valence-corrected chi connectivity index (χ4v) is 3.63. The van der Waals surface area contributed by atoms with Gasteiger partial charge in [0, 0.05) is 13.1 Å². The van der Waals surface area contributed by atoms with Crippen LogP contribution in [0.3, 0.4) is 0 Å². The third kappa shape index (κ3) is 3.90. The summed E-state index contributed by atoms with van der Waals surface area (Å²) >= 11 is 4.60. The molecule has 1 aliphatic heterocycles. The van der Waals surface area contributed by atoms with E-state index in [1.165, 1.54) is 11.4 Å². The number of piperidine rings is 1. The Morgan fingerprint density at radius 3 is 2.76 bits per heavy atom. The van der Waals surface area contributed by atoms with Gasteiger partial charge < -0.3 is 10.5 Å². The maximum Gasteiger partial charge on any atom is 0.309 e. The van der Waals surface area contributed by atoms with Crippen LogP contribution in [0.25, 0.3) is 0 Å². The van der Waals surface area contributed by atoms with Crippen molar-refractivity contribution in [3.63, 3.8) is 0 Å². The molecule has 2 N–H and O–H groups in total. The lowest BCUT2D eigenvalue weighted by Gasteiger charge is -2.30. The predicted molar refractivity (Wildman–Crippen MR) is 66.9 cm³/mol. The molecule has 1 saturated heterocycles. The van der Waals surface area contributed by atoms with Gasteiger partial charge in [-0.15, -0.1) is 0 Å². The van der Waals surface area contributed by atoms with E-state index in [1.807, 2.05) is 0 Å². The van der Waals surface area contributed by atoms with Crippen LogP contribution in [0.15, 0.2) is 0 Å². The van der Waals surface area contributed by atoms with Crippen molar-refractivity contribution in [3.8, 4) is 0 Å². The molecule has 0 amide bonds. The molecule has 1 fully saturated rings. The van der Waals surface area contributed by atoms with E-state index in [2.05, 4.69) is 17.0 Å². The summed E-state index contributed by atoms with van der Waals surface area (Å²) < 4.78 is 29.6. The van der Waals surface area contributed by atoms with E-state index in [0.29, 0.717) is 19.4 Å². The van der Waals surface area contributed by atoms with E-state index in [4.69, 9.17) is 5.73 Å². The molecule has 17 heavy (non-hydrogen) atoms. The molecule has 6 nitrogen and oxygen atoms in total.